The Balaban J connectivity index is 2.19. The van der Waals surface area contributed by atoms with Crippen LogP contribution in [-0.2, 0) is 4.74 Å². The van der Waals surface area contributed by atoms with Gasteiger partial charge in [0.2, 0.25) is 0 Å². The van der Waals surface area contributed by atoms with Gasteiger partial charge in [0.1, 0.15) is 11.5 Å². The third-order valence-electron chi connectivity index (χ3n) is 4.37. The molecule has 2 aromatic carbocycles. The van der Waals surface area contributed by atoms with Gasteiger partial charge in [-0.1, -0.05) is 0 Å². The predicted octanol–water partition coefficient (Wildman–Crippen LogP) is 4.91. The molecular formula is C22H25NO4. The highest BCUT2D eigenvalue weighted by atomic mass is 16.5. The molecule has 27 heavy (non-hydrogen) atoms. The molecule has 5 heteroatoms. The van der Waals surface area contributed by atoms with E-state index in [0.29, 0.717) is 25.4 Å². The number of rotatable bonds is 7. The SMILES string of the molecule is CCOC(=O)c1c(C)n(-c2ccc(OCC)cc2)c2ccc(OCC)cc12. The van der Waals surface area contributed by atoms with Gasteiger partial charge in [0.25, 0.3) is 0 Å². The minimum absolute atomic E-state index is 0.321. The van der Waals surface area contributed by atoms with Crippen LogP contribution in [0, 0.1) is 6.92 Å². The standard InChI is InChI=1S/C22H25NO4/c1-5-25-17-10-8-16(9-11-17)23-15(4)21(22(24)27-7-3)19-14-18(26-6-2)12-13-20(19)23/h8-14H,5-7H2,1-4H3. The lowest BCUT2D eigenvalue weighted by molar-refractivity contribution is 0.0527. The Bertz CT molecular complexity index is 941. The maximum Gasteiger partial charge on any atom is 0.340 e. The van der Waals surface area contributed by atoms with Crippen LogP contribution in [0.25, 0.3) is 16.6 Å². The number of nitrogens with zero attached hydrogens (tertiary/aromatic N) is 1. The van der Waals surface area contributed by atoms with Gasteiger partial charge in [0.05, 0.1) is 30.9 Å². The Morgan fingerprint density at radius 1 is 0.889 bits per heavy atom. The van der Waals surface area contributed by atoms with Crippen LogP contribution in [0.2, 0.25) is 0 Å². The molecule has 0 unspecified atom stereocenters. The van der Waals surface area contributed by atoms with E-state index in [9.17, 15) is 4.79 Å². The fourth-order valence-electron chi connectivity index (χ4n) is 3.31. The summed E-state index contributed by atoms with van der Waals surface area (Å²) in [4.78, 5) is 12.6. The van der Waals surface area contributed by atoms with Crippen molar-refractivity contribution in [2.75, 3.05) is 19.8 Å². The molecule has 0 aliphatic heterocycles. The number of hydrogen-bond acceptors (Lipinski definition) is 4. The first-order valence-corrected chi connectivity index (χ1v) is 9.28. The first-order chi connectivity index (χ1) is 13.1. The number of aromatic nitrogens is 1. The molecule has 0 N–H and O–H groups in total. The Morgan fingerprint density at radius 3 is 2.15 bits per heavy atom. The van der Waals surface area contributed by atoms with Crippen molar-refractivity contribution in [1.29, 1.82) is 0 Å². The molecule has 0 fully saturated rings. The summed E-state index contributed by atoms with van der Waals surface area (Å²) in [6.45, 7) is 9.16. The topological polar surface area (TPSA) is 49.7 Å². The Hall–Kier alpha value is -2.95. The number of carbonyl (C=O) groups excluding carboxylic acids is 1. The first-order valence-electron chi connectivity index (χ1n) is 9.28. The molecule has 0 bridgehead atoms. The van der Waals surface area contributed by atoms with Crippen molar-refractivity contribution in [2.45, 2.75) is 27.7 Å². The van der Waals surface area contributed by atoms with Crippen molar-refractivity contribution in [1.82, 2.24) is 4.57 Å². The highest BCUT2D eigenvalue weighted by molar-refractivity contribution is 6.07. The van der Waals surface area contributed by atoms with Crippen LogP contribution in [0.15, 0.2) is 42.5 Å². The minimum atomic E-state index is -0.321. The molecule has 1 aromatic heterocycles. The van der Waals surface area contributed by atoms with Crippen LogP contribution in [-0.4, -0.2) is 30.4 Å². The average molecular weight is 367 g/mol. The molecule has 0 saturated heterocycles. The van der Waals surface area contributed by atoms with Crippen molar-refractivity contribution >= 4 is 16.9 Å². The second-order valence-electron chi connectivity index (χ2n) is 6.06. The van der Waals surface area contributed by atoms with Crippen LogP contribution in [0.4, 0.5) is 0 Å². The van der Waals surface area contributed by atoms with Crippen molar-refractivity contribution in [3.8, 4) is 17.2 Å². The number of benzene rings is 2. The molecule has 3 aromatic rings. The van der Waals surface area contributed by atoms with Crippen LogP contribution < -0.4 is 9.47 Å². The second-order valence-corrected chi connectivity index (χ2v) is 6.06. The second kappa shape index (κ2) is 8.16. The summed E-state index contributed by atoms with van der Waals surface area (Å²) < 4.78 is 18.5. The smallest absolute Gasteiger partial charge is 0.340 e. The largest absolute Gasteiger partial charge is 0.494 e. The maximum absolute atomic E-state index is 12.6. The van der Waals surface area contributed by atoms with Crippen molar-refractivity contribution in [3.63, 3.8) is 0 Å². The van der Waals surface area contributed by atoms with Gasteiger partial charge < -0.3 is 18.8 Å². The van der Waals surface area contributed by atoms with Gasteiger partial charge in [-0.05, 0) is 70.2 Å². The summed E-state index contributed by atoms with van der Waals surface area (Å²) in [6.07, 6.45) is 0. The molecule has 1 heterocycles. The number of ether oxygens (including phenoxy) is 3. The van der Waals surface area contributed by atoms with E-state index in [-0.39, 0.29) is 5.97 Å². The molecule has 142 valence electrons. The average Bonchev–Trinajstić information content (AvgIpc) is 2.94. The van der Waals surface area contributed by atoms with Crippen molar-refractivity contribution in [3.05, 3.63) is 53.7 Å². The molecule has 0 atom stereocenters. The third kappa shape index (κ3) is 3.63. The van der Waals surface area contributed by atoms with Crippen LogP contribution in [0.1, 0.15) is 36.8 Å². The normalized spacial score (nSPS) is 10.8. The highest BCUT2D eigenvalue weighted by Crippen LogP contribution is 2.33. The third-order valence-corrected chi connectivity index (χ3v) is 4.37. The van der Waals surface area contributed by atoms with Gasteiger partial charge in [0, 0.05) is 16.8 Å². The molecular weight excluding hydrogens is 342 g/mol. The monoisotopic (exact) mass is 367 g/mol. The molecule has 5 nitrogen and oxygen atoms in total. The summed E-state index contributed by atoms with van der Waals surface area (Å²) in [5.41, 5.74) is 3.30. The van der Waals surface area contributed by atoms with Crippen LogP contribution in [0.3, 0.4) is 0 Å². The predicted molar refractivity (Wildman–Crippen MR) is 106 cm³/mol. The zero-order valence-corrected chi connectivity index (χ0v) is 16.2. The summed E-state index contributed by atoms with van der Waals surface area (Å²) >= 11 is 0. The van der Waals surface area contributed by atoms with Gasteiger partial charge in [-0.25, -0.2) is 4.79 Å². The first kappa shape index (κ1) is 18.8. The van der Waals surface area contributed by atoms with E-state index in [1.54, 1.807) is 0 Å². The van der Waals surface area contributed by atoms with E-state index in [1.165, 1.54) is 0 Å². The van der Waals surface area contributed by atoms with Gasteiger partial charge in [-0.3, -0.25) is 0 Å². The maximum atomic E-state index is 12.6. The summed E-state index contributed by atoms with van der Waals surface area (Å²) in [6, 6.07) is 13.7. The lowest BCUT2D eigenvalue weighted by atomic mass is 10.1. The number of carbonyl (C=O) groups is 1. The molecule has 0 aliphatic rings. The van der Waals surface area contributed by atoms with Crippen LogP contribution in [0.5, 0.6) is 11.5 Å². The van der Waals surface area contributed by atoms with E-state index in [2.05, 4.69) is 4.57 Å². The Kier molecular flexibility index (Phi) is 5.69. The summed E-state index contributed by atoms with van der Waals surface area (Å²) in [5.74, 6) is 1.23. The lowest BCUT2D eigenvalue weighted by Crippen LogP contribution is -2.07. The summed E-state index contributed by atoms with van der Waals surface area (Å²) in [5, 5.41) is 0.825. The quantitative estimate of drug-likeness (QED) is 0.557. The minimum Gasteiger partial charge on any atom is -0.494 e. The molecule has 0 spiro atoms. The van der Waals surface area contributed by atoms with Gasteiger partial charge in [-0.15, -0.1) is 0 Å². The highest BCUT2D eigenvalue weighted by Gasteiger charge is 2.22. The zero-order chi connectivity index (χ0) is 19.4. The Morgan fingerprint density at radius 2 is 1.52 bits per heavy atom. The fraction of sp³-hybridized carbons (Fsp3) is 0.318. The molecule has 3 rings (SSSR count). The lowest BCUT2D eigenvalue weighted by Gasteiger charge is -2.10. The van der Waals surface area contributed by atoms with E-state index >= 15 is 0 Å². The van der Waals surface area contributed by atoms with Gasteiger partial charge in [0.15, 0.2) is 0 Å². The molecule has 0 aliphatic carbocycles. The molecule has 0 radical (unpaired) electrons. The molecule has 0 amide bonds. The number of fused-ring (bicyclic) bond motifs is 1. The summed E-state index contributed by atoms with van der Waals surface area (Å²) in [7, 11) is 0. The van der Waals surface area contributed by atoms with Crippen molar-refractivity contribution in [2.24, 2.45) is 0 Å². The van der Waals surface area contributed by atoms with E-state index in [0.717, 1.165) is 33.8 Å². The fourth-order valence-corrected chi connectivity index (χ4v) is 3.31. The van der Waals surface area contributed by atoms with Crippen LogP contribution >= 0.6 is 0 Å². The Labute approximate surface area is 159 Å². The zero-order valence-electron chi connectivity index (χ0n) is 16.2. The van der Waals surface area contributed by atoms with Gasteiger partial charge in [-0.2, -0.15) is 0 Å². The number of esters is 1. The van der Waals surface area contributed by atoms with Gasteiger partial charge >= 0.3 is 5.97 Å². The van der Waals surface area contributed by atoms with E-state index < -0.39 is 0 Å². The van der Waals surface area contributed by atoms with E-state index in [1.807, 2.05) is 70.2 Å². The molecule has 0 saturated carbocycles. The number of hydrogen-bond donors (Lipinski definition) is 0. The van der Waals surface area contributed by atoms with Crippen molar-refractivity contribution < 1.29 is 19.0 Å². The van der Waals surface area contributed by atoms with E-state index in [4.69, 9.17) is 14.2 Å².